The van der Waals surface area contributed by atoms with Crippen molar-refractivity contribution in [3.63, 3.8) is 0 Å². The summed E-state index contributed by atoms with van der Waals surface area (Å²) in [5.74, 6) is 0. The molecule has 1 aliphatic rings. The third-order valence-corrected chi connectivity index (χ3v) is 5.87. The number of nitrogens with one attached hydrogen (secondary N) is 1. The molecule has 0 spiro atoms. The third-order valence-electron chi connectivity index (χ3n) is 3.90. The second-order valence-electron chi connectivity index (χ2n) is 5.59. The number of hydrogen-bond acceptors (Lipinski definition) is 3. The van der Waals surface area contributed by atoms with Crippen molar-refractivity contribution in [2.75, 3.05) is 0 Å². The first-order chi connectivity index (χ1) is 11.0. The van der Waals surface area contributed by atoms with Gasteiger partial charge in [-0.3, -0.25) is 0 Å². The number of fused-ring (bicyclic) bond motifs is 1. The molecule has 0 saturated carbocycles. The zero-order chi connectivity index (χ0) is 16.4. The van der Waals surface area contributed by atoms with E-state index >= 15 is 0 Å². The lowest BCUT2D eigenvalue weighted by atomic mass is 9.90. The fourth-order valence-corrected chi connectivity index (χ4v) is 4.05. The van der Waals surface area contributed by atoms with Gasteiger partial charge in [-0.25, -0.2) is 0 Å². The maximum Gasteiger partial charge on any atom is 0.276 e. The van der Waals surface area contributed by atoms with Gasteiger partial charge in [-0.05, 0) is 49.9 Å². The smallest absolute Gasteiger partial charge is 0.200 e. The summed E-state index contributed by atoms with van der Waals surface area (Å²) in [7, 11) is -3.64. The molecular weight excluding hydrogens is 376 g/mol. The molecule has 0 aliphatic heterocycles. The van der Waals surface area contributed by atoms with Crippen LogP contribution in [-0.4, -0.2) is 14.1 Å². The molecule has 2 aromatic carbocycles. The Morgan fingerprint density at radius 2 is 1.83 bits per heavy atom. The lowest BCUT2D eigenvalue weighted by Gasteiger charge is -2.19. The molecule has 23 heavy (non-hydrogen) atoms. The lowest BCUT2D eigenvalue weighted by molar-refractivity contribution is 0.584. The van der Waals surface area contributed by atoms with Gasteiger partial charge in [0.15, 0.2) is 0 Å². The minimum atomic E-state index is -3.64. The van der Waals surface area contributed by atoms with E-state index in [1.807, 2.05) is 25.1 Å². The summed E-state index contributed by atoms with van der Waals surface area (Å²) in [6, 6.07) is 12.6. The molecule has 0 atom stereocenters. The van der Waals surface area contributed by atoms with E-state index in [1.165, 1.54) is 5.56 Å². The van der Waals surface area contributed by atoms with Gasteiger partial charge >= 0.3 is 0 Å². The monoisotopic (exact) mass is 392 g/mol. The fraction of sp³-hybridized carbons (Fsp3) is 0.235. The van der Waals surface area contributed by atoms with Crippen LogP contribution in [0.2, 0.25) is 0 Å². The first kappa shape index (κ1) is 16.2. The average Bonchev–Trinajstić information content (AvgIpc) is 2.54. The zero-order valence-electron chi connectivity index (χ0n) is 12.7. The zero-order valence-corrected chi connectivity index (χ0v) is 15.1. The first-order valence-corrected chi connectivity index (χ1v) is 9.68. The Morgan fingerprint density at radius 3 is 2.57 bits per heavy atom. The van der Waals surface area contributed by atoms with Gasteiger partial charge in [-0.1, -0.05) is 45.8 Å². The predicted molar refractivity (Wildman–Crippen MR) is 95.1 cm³/mol. The summed E-state index contributed by atoms with van der Waals surface area (Å²) >= 11 is 3.55. The molecule has 4 nitrogen and oxygen atoms in total. The number of benzene rings is 2. The number of hydrogen-bond donors (Lipinski definition) is 1. The molecule has 2 aromatic rings. The van der Waals surface area contributed by atoms with Gasteiger partial charge < -0.3 is 0 Å². The Kier molecular flexibility index (Phi) is 4.55. The van der Waals surface area contributed by atoms with Crippen molar-refractivity contribution >= 4 is 31.7 Å². The molecule has 0 saturated heterocycles. The predicted octanol–water partition coefficient (Wildman–Crippen LogP) is 3.78. The Labute approximate surface area is 144 Å². The second-order valence-corrected chi connectivity index (χ2v) is 8.10. The molecule has 3 rings (SSSR count). The number of halogens is 1. The summed E-state index contributed by atoms with van der Waals surface area (Å²) in [6.07, 6.45) is 2.70. The minimum absolute atomic E-state index is 0.220. The lowest BCUT2D eigenvalue weighted by Crippen LogP contribution is -2.22. The van der Waals surface area contributed by atoms with Gasteiger partial charge in [0.2, 0.25) is 0 Å². The molecule has 0 heterocycles. The van der Waals surface area contributed by atoms with E-state index in [1.54, 1.807) is 24.3 Å². The van der Waals surface area contributed by atoms with E-state index in [9.17, 15) is 8.42 Å². The topological polar surface area (TPSA) is 58.5 Å². The number of aryl methyl sites for hydroxylation is 1. The number of rotatable bonds is 3. The van der Waals surface area contributed by atoms with Crippen LogP contribution >= 0.6 is 15.9 Å². The normalized spacial score (nSPS) is 16.2. The van der Waals surface area contributed by atoms with Crippen LogP contribution in [0.4, 0.5) is 0 Å². The molecule has 0 aromatic heterocycles. The van der Waals surface area contributed by atoms with Gasteiger partial charge in [-0.2, -0.15) is 18.4 Å². The number of sulfonamides is 1. The van der Waals surface area contributed by atoms with E-state index in [0.717, 1.165) is 40.6 Å². The average molecular weight is 393 g/mol. The van der Waals surface area contributed by atoms with Crippen LogP contribution in [0.1, 0.15) is 29.5 Å². The largest absolute Gasteiger partial charge is 0.276 e. The van der Waals surface area contributed by atoms with Crippen molar-refractivity contribution in [2.24, 2.45) is 5.10 Å². The van der Waals surface area contributed by atoms with Crippen LogP contribution in [0.25, 0.3) is 0 Å². The van der Waals surface area contributed by atoms with E-state index in [4.69, 9.17) is 0 Å². The van der Waals surface area contributed by atoms with Gasteiger partial charge in [0.1, 0.15) is 0 Å². The molecule has 1 aliphatic carbocycles. The van der Waals surface area contributed by atoms with E-state index in [2.05, 4.69) is 25.9 Å². The van der Waals surface area contributed by atoms with Crippen LogP contribution in [0.5, 0.6) is 0 Å². The quantitative estimate of drug-likeness (QED) is 0.807. The Morgan fingerprint density at radius 1 is 1.09 bits per heavy atom. The molecule has 0 fully saturated rings. The van der Waals surface area contributed by atoms with Crippen molar-refractivity contribution in [2.45, 2.75) is 31.1 Å². The van der Waals surface area contributed by atoms with E-state index in [-0.39, 0.29) is 4.90 Å². The summed E-state index contributed by atoms with van der Waals surface area (Å²) < 4.78 is 25.7. The number of nitrogens with zero attached hydrogens (tertiary/aromatic N) is 1. The van der Waals surface area contributed by atoms with Crippen LogP contribution in [0, 0.1) is 6.92 Å². The fourth-order valence-electron chi connectivity index (χ4n) is 2.65. The van der Waals surface area contributed by atoms with Crippen LogP contribution in [-0.2, 0) is 16.4 Å². The molecule has 6 heteroatoms. The van der Waals surface area contributed by atoms with Crippen molar-refractivity contribution in [3.05, 3.63) is 63.6 Å². The molecule has 0 amide bonds. The maximum atomic E-state index is 12.3. The van der Waals surface area contributed by atoms with Gasteiger partial charge in [-0.15, -0.1) is 0 Å². The Hall–Kier alpha value is -1.66. The SMILES string of the molecule is Cc1ccc(S(=O)(=O)N/N=C2/CCCc3c(Br)cccc32)cc1. The van der Waals surface area contributed by atoms with Gasteiger partial charge in [0.05, 0.1) is 10.6 Å². The highest BCUT2D eigenvalue weighted by molar-refractivity contribution is 9.10. The summed E-state index contributed by atoms with van der Waals surface area (Å²) in [5.41, 5.74) is 3.99. The van der Waals surface area contributed by atoms with Crippen LogP contribution in [0.15, 0.2) is 56.9 Å². The highest BCUT2D eigenvalue weighted by atomic mass is 79.9. The van der Waals surface area contributed by atoms with Crippen molar-refractivity contribution in [1.82, 2.24) is 4.83 Å². The van der Waals surface area contributed by atoms with Gasteiger partial charge in [0.25, 0.3) is 10.0 Å². The first-order valence-electron chi connectivity index (χ1n) is 7.40. The highest BCUT2D eigenvalue weighted by Crippen LogP contribution is 2.28. The van der Waals surface area contributed by atoms with Crippen molar-refractivity contribution in [1.29, 1.82) is 0 Å². The van der Waals surface area contributed by atoms with Gasteiger partial charge in [0, 0.05) is 10.0 Å². The summed E-state index contributed by atoms with van der Waals surface area (Å²) in [4.78, 5) is 2.59. The molecular formula is C17H17BrN2O2S. The molecule has 0 radical (unpaired) electrons. The molecule has 1 N–H and O–H groups in total. The Bertz CT molecular complexity index is 859. The second kappa shape index (κ2) is 6.45. The van der Waals surface area contributed by atoms with E-state index < -0.39 is 10.0 Å². The van der Waals surface area contributed by atoms with Crippen LogP contribution < -0.4 is 4.83 Å². The highest BCUT2D eigenvalue weighted by Gasteiger charge is 2.19. The molecule has 0 bridgehead atoms. The summed E-state index contributed by atoms with van der Waals surface area (Å²) in [6.45, 7) is 1.92. The summed E-state index contributed by atoms with van der Waals surface area (Å²) in [5, 5.41) is 4.19. The van der Waals surface area contributed by atoms with Crippen LogP contribution in [0.3, 0.4) is 0 Å². The molecule has 0 unspecified atom stereocenters. The van der Waals surface area contributed by atoms with Crippen molar-refractivity contribution < 1.29 is 8.42 Å². The third kappa shape index (κ3) is 3.48. The Balaban J connectivity index is 1.89. The van der Waals surface area contributed by atoms with Crippen molar-refractivity contribution in [3.8, 4) is 0 Å². The minimum Gasteiger partial charge on any atom is -0.200 e. The number of hydrazone groups is 1. The maximum absolute atomic E-state index is 12.3. The standard InChI is InChI=1S/C17H17BrN2O2S/c1-12-8-10-13(11-9-12)23(21,22)20-19-17-7-3-4-14-15(17)5-2-6-16(14)18/h2,5-6,8-11,20H,3-4,7H2,1H3/b19-17-. The van der Waals surface area contributed by atoms with E-state index in [0.29, 0.717) is 0 Å². The molecule has 120 valence electrons.